The Morgan fingerprint density at radius 2 is 2.07 bits per heavy atom. The highest BCUT2D eigenvalue weighted by molar-refractivity contribution is 5.76. The zero-order chi connectivity index (χ0) is 20.5. The minimum absolute atomic E-state index is 0.0845. The number of benzene rings is 2. The maximum absolute atomic E-state index is 12.6. The van der Waals surface area contributed by atoms with Crippen molar-refractivity contribution in [1.29, 1.82) is 0 Å². The molecule has 30 heavy (non-hydrogen) atoms. The number of aromatic nitrogens is 2. The van der Waals surface area contributed by atoms with Crippen molar-refractivity contribution in [3.63, 3.8) is 0 Å². The van der Waals surface area contributed by atoms with Crippen molar-refractivity contribution in [3.05, 3.63) is 64.6 Å². The molecule has 6 heteroatoms. The summed E-state index contributed by atoms with van der Waals surface area (Å²) >= 11 is 0. The summed E-state index contributed by atoms with van der Waals surface area (Å²) in [6.07, 6.45) is 2.90. The van der Waals surface area contributed by atoms with Gasteiger partial charge in [0.2, 0.25) is 5.88 Å². The zero-order valence-electron chi connectivity index (χ0n) is 17.0. The fourth-order valence-electron chi connectivity index (χ4n) is 4.29. The van der Waals surface area contributed by atoms with Crippen LogP contribution in [0.1, 0.15) is 18.4 Å². The molecule has 0 bridgehead atoms. The van der Waals surface area contributed by atoms with Crippen molar-refractivity contribution in [2.24, 2.45) is 0 Å². The van der Waals surface area contributed by atoms with E-state index in [0.29, 0.717) is 19.0 Å². The molecule has 0 amide bonds. The molecule has 0 aliphatic carbocycles. The molecular formula is C24H24N2O4. The number of methoxy groups -OCH3 is 1. The predicted octanol–water partition coefficient (Wildman–Crippen LogP) is 3.70. The van der Waals surface area contributed by atoms with Crippen LogP contribution in [-0.2, 0) is 17.7 Å². The second kappa shape index (κ2) is 7.95. The highest BCUT2D eigenvalue weighted by atomic mass is 16.5. The molecule has 5 rings (SSSR count). The fraction of sp³-hybridized carbons (Fsp3) is 0.333. The van der Waals surface area contributed by atoms with Gasteiger partial charge in [0.05, 0.1) is 18.9 Å². The molecule has 0 saturated carbocycles. The summed E-state index contributed by atoms with van der Waals surface area (Å²) in [5, 5.41) is 0. The predicted molar refractivity (Wildman–Crippen MR) is 114 cm³/mol. The molecule has 0 N–H and O–H groups in total. The van der Waals surface area contributed by atoms with Crippen LogP contribution in [0.2, 0.25) is 0 Å². The number of para-hydroxylation sites is 1. The Labute approximate surface area is 175 Å². The standard InChI is InChI=1S/C24H24N2O4/c1-28-22-7-3-2-6-20(22)16-8-9-19-17(13-16)10-11-26-21(19)14-23(25-24(26)27)30-15-18-5-4-12-29-18/h2-3,6-9,13-14,18H,4-5,10-12,15H2,1H3. The van der Waals surface area contributed by atoms with Gasteiger partial charge in [-0.25, -0.2) is 4.79 Å². The monoisotopic (exact) mass is 404 g/mol. The van der Waals surface area contributed by atoms with Crippen molar-refractivity contribution in [3.8, 4) is 34.0 Å². The van der Waals surface area contributed by atoms with Crippen LogP contribution in [0.5, 0.6) is 11.6 Å². The van der Waals surface area contributed by atoms with Crippen LogP contribution in [0, 0.1) is 0 Å². The maximum atomic E-state index is 12.6. The zero-order valence-corrected chi connectivity index (χ0v) is 17.0. The molecule has 3 heterocycles. The first-order chi connectivity index (χ1) is 14.7. The third kappa shape index (κ3) is 3.48. The maximum Gasteiger partial charge on any atom is 0.351 e. The first-order valence-electron chi connectivity index (χ1n) is 10.4. The van der Waals surface area contributed by atoms with Crippen LogP contribution >= 0.6 is 0 Å². The van der Waals surface area contributed by atoms with E-state index in [-0.39, 0.29) is 11.8 Å². The van der Waals surface area contributed by atoms with Gasteiger partial charge in [-0.3, -0.25) is 4.57 Å². The Morgan fingerprint density at radius 1 is 1.17 bits per heavy atom. The van der Waals surface area contributed by atoms with Gasteiger partial charge in [-0.1, -0.05) is 36.4 Å². The summed E-state index contributed by atoms with van der Waals surface area (Å²) in [4.78, 5) is 16.7. The van der Waals surface area contributed by atoms with E-state index in [2.05, 4.69) is 29.2 Å². The molecule has 0 spiro atoms. The number of nitrogens with zero attached hydrogens (tertiary/aromatic N) is 2. The topological polar surface area (TPSA) is 62.6 Å². The summed E-state index contributed by atoms with van der Waals surface area (Å²) in [5.74, 6) is 1.21. The number of hydrogen-bond acceptors (Lipinski definition) is 5. The second-order valence-corrected chi connectivity index (χ2v) is 7.68. The van der Waals surface area contributed by atoms with E-state index in [1.807, 2.05) is 24.3 Å². The van der Waals surface area contributed by atoms with E-state index in [1.54, 1.807) is 11.7 Å². The molecule has 1 saturated heterocycles. The van der Waals surface area contributed by atoms with Crippen LogP contribution in [0.4, 0.5) is 0 Å². The van der Waals surface area contributed by atoms with Gasteiger partial charge in [0.25, 0.3) is 0 Å². The van der Waals surface area contributed by atoms with Crippen LogP contribution in [0.3, 0.4) is 0 Å². The van der Waals surface area contributed by atoms with Gasteiger partial charge in [-0.15, -0.1) is 0 Å². The number of aryl methyl sites for hydroxylation is 1. The SMILES string of the molecule is COc1ccccc1-c1ccc2c(c1)CCn1c-2cc(OCC2CCCO2)nc1=O. The number of hydrogen-bond donors (Lipinski definition) is 0. The molecule has 1 unspecified atom stereocenters. The van der Waals surface area contributed by atoms with Crippen LogP contribution < -0.4 is 15.2 Å². The fourth-order valence-corrected chi connectivity index (χ4v) is 4.29. The normalized spacial score (nSPS) is 17.3. The van der Waals surface area contributed by atoms with Gasteiger partial charge in [0.15, 0.2) is 0 Å². The molecule has 1 atom stereocenters. The van der Waals surface area contributed by atoms with Gasteiger partial charge < -0.3 is 14.2 Å². The lowest BCUT2D eigenvalue weighted by Gasteiger charge is -2.23. The number of ether oxygens (including phenoxy) is 3. The van der Waals surface area contributed by atoms with E-state index in [0.717, 1.165) is 54.0 Å². The summed E-state index contributed by atoms with van der Waals surface area (Å²) in [6, 6.07) is 16.2. The average Bonchev–Trinajstić information content (AvgIpc) is 3.31. The Morgan fingerprint density at radius 3 is 2.90 bits per heavy atom. The van der Waals surface area contributed by atoms with Gasteiger partial charge in [-0.2, -0.15) is 4.98 Å². The van der Waals surface area contributed by atoms with Crippen molar-refractivity contribution >= 4 is 0 Å². The molecule has 0 radical (unpaired) electrons. The highest BCUT2D eigenvalue weighted by Gasteiger charge is 2.21. The molecule has 2 aliphatic heterocycles. The third-order valence-electron chi connectivity index (χ3n) is 5.83. The molecule has 1 aromatic heterocycles. The van der Waals surface area contributed by atoms with Gasteiger partial charge >= 0.3 is 5.69 Å². The van der Waals surface area contributed by atoms with E-state index in [4.69, 9.17) is 14.2 Å². The summed E-state index contributed by atoms with van der Waals surface area (Å²) in [7, 11) is 1.69. The third-order valence-corrected chi connectivity index (χ3v) is 5.83. The number of rotatable bonds is 5. The summed E-state index contributed by atoms with van der Waals surface area (Å²) in [5.41, 5.74) is 4.99. The molecule has 154 valence electrons. The largest absolute Gasteiger partial charge is 0.496 e. The molecule has 3 aromatic rings. The Kier molecular flexibility index (Phi) is 5.01. The quantitative estimate of drug-likeness (QED) is 0.649. The first kappa shape index (κ1) is 18.9. The van der Waals surface area contributed by atoms with E-state index >= 15 is 0 Å². The lowest BCUT2D eigenvalue weighted by atomic mass is 9.93. The molecular weight excluding hydrogens is 380 g/mol. The van der Waals surface area contributed by atoms with E-state index in [9.17, 15) is 4.79 Å². The Bertz CT molecular complexity index is 1130. The Balaban J connectivity index is 1.49. The van der Waals surface area contributed by atoms with Crippen LogP contribution in [0.25, 0.3) is 22.4 Å². The first-order valence-corrected chi connectivity index (χ1v) is 10.4. The van der Waals surface area contributed by atoms with Crippen LogP contribution in [0.15, 0.2) is 53.3 Å². The van der Waals surface area contributed by atoms with Gasteiger partial charge in [0.1, 0.15) is 12.4 Å². The molecule has 2 aliphatic rings. The van der Waals surface area contributed by atoms with E-state index in [1.165, 1.54) is 5.56 Å². The van der Waals surface area contributed by atoms with Crippen molar-refractivity contribution < 1.29 is 14.2 Å². The molecule has 1 fully saturated rings. The summed E-state index contributed by atoms with van der Waals surface area (Å²) in [6.45, 7) is 1.81. The number of fused-ring (bicyclic) bond motifs is 3. The smallest absolute Gasteiger partial charge is 0.351 e. The second-order valence-electron chi connectivity index (χ2n) is 7.68. The lowest BCUT2D eigenvalue weighted by molar-refractivity contribution is 0.0661. The van der Waals surface area contributed by atoms with Crippen molar-refractivity contribution in [2.75, 3.05) is 20.3 Å². The molecule has 2 aromatic carbocycles. The average molecular weight is 404 g/mol. The lowest BCUT2D eigenvalue weighted by Crippen LogP contribution is -2.29. The Hall–Kier alpha value is -3.12. The van der Waals surface area contributed by atoms with Crippen LogP contribution in [-0.4, -0.2) is 36.0 Å². The van der Waals surface area contributed by atoms with E-state index < -0.39 is 0 Å². The van der Waals surface area contributed by atoms with Crippen molar-refractivity contribution in [2.45, 2.75) is 31.9 Å². The minimum atomic E-state index is -0.269. The van der Waals surface area contributed by atoms with Gasteiger partial charge in [-0.05, 0) is 36.5 Å². The van der Waals surface area contributed by atoms with Crippen molar-refractivity contribution in [1.82, 2.24) is 9.55 Å². The highest BCUT2D eigenvalue weighted by Crippen LogP contribution is 2.36. The minimum Gasteiger partial charge on any atom is -0.496 e. The van der Waals surface area contributed by atoms with Gasteiger partial charge in [0, 0.05) is 30.3 Å². The summed E-state index contributed by atoms with van der Waals surface area (Å²) < 4.78 is 18.7. The molecule has 6 nitrogen and oxygen atoms in total.